The van der Waals surface area contributed by atoms with Gasteiger partial charge in [-0.3, -0.25) is 0 Å². The quantitative estimate of drug-likeness (QED) is 0.862. The van der Waals surface area contributed by atoms with Gasteiger partial charge < -0.3 is 10.2 Å². The van der Waals surface area contributed by atoms with Gasteiger partial charge in [0.25, 0.3) is 0 Å². The second-order valence-corrected chi connectivity index (χ2v) is 5.38. The van der Waals surface area contributed by atoms with Crippen molar-refractivity contribution >= 4 is 0 Å². The first-order valence-corrected chi connectivity index (χ1v) is 6.66. The van der Waals surface area contributed by atoms with Crippen LogP contribution in [0.15, 0.2) is 24.3 Å². The van der Waals surface area contributed by atoms with Gasteiger partial charge in [-0.25, -0.2) is 0 Å². The van der Waals surface area contributed by atoms with Gasteiger partial charge >= 0.3 is 0 Å². The Labute approximate surface area is 105 Å². The minimum absolute atomic E-state index is 0.461. The summed E-state index contributed by atoms with van der Waals surface area (Å²) in [6.45, 7) is 6.87. The third kappa shape index (κ3) is 3.55. The van der Waals surface area contributed by atoms with E-state index >= 15 is 0 Å². The van der Waals surface area contributed by atoms with Crippen molar-refractivity contribution in [2.24, 2.45) is 0 Å². The Morgan fingerprint density at radius 2 is 2.00 bits per heavy atom. The lowest BCUT2D eigenvalue weighted by atomic mass is 10.0. The molecule has 1 saturated heterocycles. The van der Waals surface area contributed by atoms with Crippen LogP contribution in [0.4, 0.5) is 0 Å². The lowest BCUT2D eigenvalue weighted by Gasteiger charge is -2.31. The highest BCUT2D eigenvalue weighted by Crippen LogP contribution is 2.17. The Balaban J connectivity index is 1.90. The fourth-order valence-corrected chi connectivity index (χ4v) is 2.56. The molecule has 0 amide bonds. The van der Waals surface area contributed by atoms with Gasteiger partial charge in [-0.2, -0.15) is 0 Å². The first kappa shape index (κ1) is 12.6. The van der Waals surface area contributed by atoms with Gasteiger partial charge in [0, 0.05) is 12.1 Å². The minimum atomic E-state index is 0.461. The lowest BCUT2D eigenvalue weighted by molar-refractivity contribution is 0.226. The first-order valence-electron chi connectivity index (χ1n) is 6.66. The summed E-state index contributed by atoms with van der Waals surface area (Å²) in [6, 6.07) is 9.96. The number of hydrogen-bond donors (Lipinski definition) is 1. The molecule has 0 bridgehead atoms. The summed E-state index contributed by atoms with van der Waals surface area (Å²) in [4.78, 5) is 2.41. The maximum absolute atomic E-state index is 3.76. The largest absolute Gasteiger partial charge is 0.307 e. The Bertz CT molecular complexity index is 354. The van der Waals surface area contributed by atoms with Gasteiger partial charge in [0.05, 0.1) is 0 Å². The molecule has 0 aromatic heterocycles. The fraction of sp³-hybridized carbons (Fsp3) is 0.600. The molecule has 1 aliphatic heterocycles. The molecule has 1 heterocycles. The highest BCUT2D eigenvalue weighted by molar-refractivity contribution is 5.24. The van der Waals surface area contributed by atoms with Gasteiger partial charge in [0.15, 0.2) is 0 Å². The minimum Gasteiger partial charge on any atom is -0.307 e. The maximum atomic E-state index is 3.76. The monoisotopic (exact) mass is 232 g/mol. The smallest absolute Gasteiger partial charge is 0.0294 e. The maximum Gasteiger partial charge on any atom is 0.0294 e. The summed E-state index contributed by atoms with van der Waals surface area (Å²) in [6.07, 6.45) is 2.54. The van der Waals surface area contributed by atoms with E-state index < -0.39 is 0 Å². The summed E-state index contributed by atoms with van der Waals surface area (Å²) in [5.41, 5.74) is 2.75. The fourth-order valence-electron chi connectivity index (χ4n) is 2.56. The van der Waals surface area contributed by atoms with Crippen LogP contribution < -0.4 is 5.32 Å². The number of rotatable bonds is 3. The summed E-state index contributed by atoms with van der Waals surface area (Å²) >= 11 is 0. The molecule has 1 N–H and O–H groups in total. The number of hydrogen-bond acceptors (Lipinski definition) is 2. The Hall–Kier alpha value is -0.860. The Kier molecular flexibility index (Phi) is 4.19. The summed E-state index contributed by atoms with van der Waals surface area (Å²) in [5.74, 6) is 0. The van der Waals surface area contributed by atoms with Crippen LogP contribution in [0.1, 0.15) is 36.9 Å². The first-order chi connectivity index (χ1) is 8.15. The van der Waals surface area contributed by atoms with Crippen molar-refractivity contribution in [2.75, 3.05) is 20.1 Å². The number of nitrogens with one attached hydrogen (secondary N) is 1. The van der Waals surface area contributed by atoms with Crippen LogP contribution in [-0.4, -0.2) is 31.1 Å². The highest BCUT2D eigenvalue weighted by Gasteiger charge is 2.18. The average molecular weight is 232 g/mol. The number of nitrogens with zero attached hydrogens (tertiary/aromatic N) is 1. The van der Waals surface area contributed by atoms with E-state index in [4.69, 9.17) is 0 Å². The van der Waals surface area contributed by atoms with E-state index in [1.165, 1.54) is 37.1 Å². The standard InChI is InChI=1S/C15H24N2/c1-12-5-4-6-14(11-12)13(2)16-15-7-9-17(3)10-8-15/h4-6,11,13,15-16H,7-10H2,1-3H3/t13-/m1/s1. The number of piperidine rings is 1. The molecule has 0 unspecified atom stereocenters. The van der Waals surface area contributed by atoms with E-state index in [2.05, 4.69) is 55.4 Å². The molecule has 1 fully saturated rings. The lowest BCUT2D eigenvalue weighted by Crippen LogP contribution is -2.41. The zero-order valence-electron chi connectivity index (χ0n) is 11.2. The van der Waals surface area contributed by atoms with E-state index in [0.29, 0.717) is 12.1 Å². The van der Waals surface area contributed by atoms with Gasteiger partial charge in [0.2, 0.25) is 0 Å². The van der Waals surface area contributed by atoms with Gasteiger partial charge in [-0.05, 0) is 52.4 Å². The Morgan fingerprint density at radius 1 is 1.29 bits per heavy atom. The second-order valence-electron chi connectivity index (χ2n) is 5.38. The van der Waals surface area contributed by atoms with Gasteiger partial charge in [-0.1, -0.05) is 29.8 Å². The van der Waals surface area contributed by atoms with Gasteiger partial charge in [-0.15, -0.1) is 0 Å². The van der Waals surface area contributed by atoms with E-state index in [9.17, 15) is 0 Å². The molecule has 1 aliphatic rings. The van der Waals surface area contributed by atoms with Crippen molar-refractivity contribution in [3.05, 3.63) is 35.4 Å². The zero-order valence-corrected chi connectivity index (χ0v) is 11.2. The van der Waals surface area contributed by atoms with E-state index in [1.54, 1.807) is 0 Å². The normalized spacial score (nSPS) is 20.4. The molecule has 2 heteroatoms. The number of aryl methyl sites for hydroxylation is 1. The summed E-state index contributed by atoms with van der Waals surface area (Å²) in [7, 11) is 2.21. The number of likely N-dealkylation sites (tertiary alicyclic amines) is 1. The van der Waals surface area contributed by atoms with E-state index in [0.717, 1.165) is 0 Å². The van der Waals surface area contributed by atoms with Crippen molar-refractivity contribution < 1.29 is 0 Å². The molecule has 0 saturated carbocycles. The van der Waals surface area contributed by atoms with Crippen molar-refractivity contribution in [1.29, 1.82) is 0 Å². The van der Waals surface area contributed by atoms with Crippen molar-refractivity contribution in [2.45, 2.75) is 38.8 Å². The van der Waals surface area contributed by atoms with Crippen LogP contribution in [0.25, 0.3) is 0 Å². The van der Waals surface area contributed by atoms with Crippen molar-refractivity contribution in [3.63, 3.8) is 0 Å². The molecule has 0 radical (unpaired) electrons. The molecule has 1 aromatic rings. The molecular weight excluding hydrogens is 208 g/mol. The van der Waals surface area contributed by atoms with E-state index in [1.807, 2.05) is 0 Å². The summed E-state index contributed by atoms with van der Waals surface area (Å²) in [5, 5.41) is 3.76. The van der Waals surface area contributed by atoms with Crippen LogP contribution in [-0.2, 0) is 0 Å². The van der Waals surface area contributed by atoms with Crippen LogP contribution in [0, 0.1) is 6.92 Å². The third-order valence-electron chi connectivity index (χ3n) is 3.75. The molecule has 0 spiro atoms. The molecule has 94 valence electrons. The molecule has 1 aromatic carbocycles. The van der Waals surface area contributed by atoms with Crippen LogP contribution in [0.5, 0.6) is 0 Å². The predicted octanol–water partition coefficient (Wildman–Crippen LogP) is 2.74. The van der Waals surface area contributed by atoms with Crippen molar-refractivity contribution in [1.82, 2.24) is 10.2 Å². The molecular formula is C15H24N2. The number of benzene rings is 1. The van der Waals surface area contributed by atoms with Crippen LogP contribution in [0.2, 0.25) is 0 Å². The predicted molar refractivity (Wildman–Crippen MR) is 73.2 cm³/mol. The molecule has 0 aliphatic carbocycles. The Morgan fingerprint density at radius 3 is 2.65 bits per heavy atom. The molecule has 2 rings (SSSR count). The zero-order chi connectivity index (χ0) is 12.3. The van der Waals surface area contributed by atoms with E-state index in [-0.39, 0.29) is 0 Å². The van der Waals surface area contributed by atoms with Crippen LogP contribution >= 0.6 is 0 Å². The third-order valence-corrected chi connectivity index (χ3v) is 3.75. The second kappa shape index (κ2) is 5.65. The molecule has 17 heavy (non-hydrogen) atoms. The highest BCUT2D eigenvalue weighted by atomic mass is 15.1. The molecule has 1 atom stereocenters. The SMILES string of the molecule is Cc1cccc([C@@H](C)NC2CCN(C)CC2)c1. The van der Waals surface area contributed by atoms with Crippen LogP contribution in [0.3, 0.4) is 0 Å². The van der Waals surface area contributed by atoms with Crippen molar-refractivity contribution in [3.8, 4) is 0 Å². The summed E-state index contributed by atoms with van der Waals surface area (Å²) < 4.78 is 0. The van der Waals surface area contributed by atoms with Gasteiger partial charge in [0.1, 0.15) is 0 Å². The molecule has 2 nitrogen and oxygen atoms in total. The average Bonchev–Trinajstić information content (AvgIpc) is 2.32. The topological polar surface area (TPSA) is 15.3 Å².